The molecule has 22 heavy (non-hydrogen) atoms. The molecule has 1 aliphatic rings. The van der Waals surface area contributed by atoms with E-state index in [4.69, 9.17) is 9.47 Å². The van der Waals surface area contributed by atoms with Crippen LogP contribution in [0, 0.1) is 11.3 Å². The van der Waals surface area contributed by atoms with Gasteiger partial charge in [-0.25, -0.2) is 0 Å². The summed E-state index contributed by atoms with van der Waals surface area (Å²) in [5.74, 6) is 1.66. The summed E-state index contributed by atoms with van der Waals surface area (Å²) in [4.78, 5) is 0. The molecule has 0 spiro atoms. The highest BCUT2D eigenvalue weighted by Gasteiger charge is 2.20. The number of nitriles is 1. The molecule has 0 aliphatic heterocycles. The van der Waals surface area contributed by atoms with Crippen molar-refractivity contribution in [1.29, 1.82) is 5.26 Å². The molecule has 0 fully saturated rings. The van der Waals surface area contributed by atoms with E-state index in [-0.39, 0.29) is 0 Å². The first-order valence-corrected chi connectivity index (χ1v) is 7.21. The Hall–Kier alpha value is -2.73. The smallest absolute Gasteiger partial charge is 0.119 e. The molecule has 3 rings (SSSR count). The fourth-order valence-electron chi connectivity index (χ4n) is 2.90. The van der Waals surface area contributed by atoms with Gasteiger partial charge in [0.15, 0.2) is 0 Å². The van der Waals surface area contributed by atoms with E-state index in [0.29, 0.717) is 0 Å². The van der Waals surface area contributed by atoms with E-state index in [1.54, 1.807) is 14.2 Å². The number of rotatable bonds is 3. The average Bonchev–Trinajstić information content (AvgIpc) is 2.60. The highest BCUT2D eigenvalue weighted by molar-refractivity contribution is 5.99. The predicted molar refractivity (Wildman–Crippen MR) is 86.7 cm³/mol. The second kappa shape index (κ2) is 5.95. The van der Waals surface area contributed by atoms with Gasteiger partial charge in [0.2, 0.25) is 0 Å². The van der Waals surface area contributed by atoms with Gasteiger partial charge in [0.25, 0.3) is 0 Å². The molecular weight excluding hydrogens is 274 g/mol. The Labute approximate surface area is 130 Å². The van der Waals surface area contributed by atoms with E-state index >= 15 is 0 Å². The standard InChI is InChI=1S/C19H17NO2/c1-21-15-6-3-13(4-7-15)17-9-5-14-11-16(22-2)8-10-18(14)19(17)12-20/h3-4,6-8,10-11H,5,9H2,1-2H3. The minimum atomic E-state index is 0.758. The van der Waals surface area contributed by atoms with Crippen LogP contribution in [0.1, 0.15) is 23.1 Å². The van der Waals surface area contributed by atoms with Crippen molar-refractivity contribution >= 4 is 11.1 Å². The fraction of sp³-hybridized carbons (Fsp3) is 0.211. The Morgan fingerprint density at radius 3 is 2.23 bits per heavy atom. The number of allylic oxidation sites excluding steroid dienone is 2. The van der Waals surface area contributed by atoms with Crippen molar-refractivity contribution in [2.75, 3.05) is 14.2 Å². The van der Waals surface area contributed by atoms with Crippen molar-refractivity contribution < 1.29 is 9.47 Å². The fourth-order valence-corrected chi connectivity index (χ4v) is 2.90. The normalized spacial score (nSPS) is 13.3. The van der Waals surface area contributed by atoms with Crippen LogP contribution < -0.4 is 9.47 Å². The van der Waals surface area contributed by atoms with Gasteiger partial charge in [-0.15, -0.1) is 0 Å². The van der Waals surface area contributed by atoms with Gasteiger partial charge in [0.05, 0.1) is 19.8 Å². The summed E-state index contributed by atoms with van der Waals surface area (Å²) in [6, 6.07) is 16.2. The molecule has 2 aromatic rings. The second-order valence-corrected chi connectivity index (χ2v) is 5.22. The number of aryl methyl sites for hydroxylation is 1. The number of ether oxygens (including phenoxy) is 2. The van der Waals surface area contributed by atoms with Crippen LogP contribution in [0.2, 0.25) is 0 Å². The van der Waals surface area contributed by atoms with Gasteiger partial charge in [0, 0.05) is 0 Å². The van der Waals surface area contributed by atoms with Crippen LogP contribution in [-0.4, -0.2) is 14.2 Å². The first kappa shape index (κ1) is 14.2. The zero-order valence-electron chi connectivity index (χ0n) is 12.7. The van der Waals surface area contributed by atoms with Gasteiger partial charge < -0.3 is 9.47 Å². The molecule has 110 valence electrons. The quantitative estimate of drug-likeness (QED) is 0.855. The third kappa shape index (κ3) is 2.44. The molecule has 0 amide bonds. The highest BCUT2D eigenvalue weighted by atomic mass is 16.5. The molecule has 0 saturated carbocycles. The topological polar surface area (TPSA) is 42.2 Å². The van der Waals surface area contributed by atoms with Crippen molar-refractivity contribution in [2.45, 2.75) is 12.8 Å². The summed E-state index contributed by atoms with van der Waals surface area (Å²) in [5.41, 5.74) is 5.13. The molecule has 0 atom stereocenters. The van der Waals surface area contributed by atoms with Crippen molar-refractivity contribution in [3.05, 3.63) is 59.2 Å². The first-order chi connectivity index (χ1) is 10.8. The van der Waals surface area contributed by atoms with Gasteiger partial charge in [-0.05, 0) is 65.4 Å². The van der Waals surface area contributed by atoms with E-state index in [0.717, 1.165) is 46.6 Å². The van der Waals surface area contributed by atoms with Crippen LogP contribution in [0.4, 0.5) is 0 Å². The Bertz CT molecular complexity index is 767. The molecule has 3 heteroatoms. The average molecular weight is 291 g/mol. The van der Waals surface area contributed by atoms with Gasteiger partial charge in [0.1, 0.15) is 17.6 Å². The lowest BCUT2D eigenvalue weighted by atomic mass is 9.83. The number of hydrogen-bond acceptors (Lipinski definition) is 3. The van der Waals surface area contributed by atoms with Crippen LogP contribution in [0.25, 0.3) is 11.1 Å². The third-order valence-electron chi connectivity index (χ3n) is 4.08. The van der Waals surface area contributed by atoms with E-state index in [2.05, 4.69) is 6.07 Å². The summed E-state index contributed by atoms with van der Waals surface area (Å²) in [6.45, 7) is 0. The van der Waals surface area contributed by atoms with E-state index in [9.17, 15) is 5.26 Å². The molecule has 0 radical (unpaired) electrons. The second-order valence-electron chi connectivity index (χ2n) is 5.22. The van der Waals surface area contributed by atoms with Gasteiger partial charge in [-0.3, -0.25) is 0 Å². The van der Waals surface area contributed by atoms with Gasteiger partial charge in [-0.1, -0.05) is 12.1 Å². The summed E-state index contributed by atoms with van der Waals surface area (Å²) in [6.07, 6.45) is 1.77. The van der Waals surface area contributed by atoms with Crippen LogP contribution in [0.15, 0.2) is 42.5 Å². The maximum absolute atomic E-state index is 9.63. The van der Waals surface area contributed by atoms with Crippen LogP contribution in [0.5, 0.6) is 11.5 Å². The minimum absolute atomic E-state index is 0.758. The third-order valence-corrected chi connectivity index (χ3v) is 4.08. The van der Waals surface area contributed by atoms with Crippen LogP contribution in [-0.2, 0) is 6.42 Å². The number of nitrogens with zero attached hydrogens (tertiary/aromatic N) is 1. The highest BCUT2D eigenvalue weighted by Crippen LogP contribution is 2.38. The Morgan fingerprint density at radius 2 is 1.59 bits per heavy atom. The summed E-state index contributed by atoms with van der Waals surface area (Å²) in [7, 11) is 3.31. The maximum atomic E-state index is 9.63. The van der Waals surface area contributed by atoms with E-state index in [1.165, 1.54) is 5.56 Å². The number of methoxy groups -OCH3 is 2. The van der Waals surface area contributed by atoms with E-state index in [1.807, 2.05) is 42.5 Å². The number of benzene rings is 2. The molecule has 0 N–H and O–H groups in total. The van der Waals surface area contributed by atoms with Crippen molar-refractivity contribution in [3.8, 4) is 17.6 Å². The van der Waals surface area contributed by atoms with Gasteiger partial charge in [-0.2, -0.15) is 5.26 Å². The molecule has 0 bridgehead atoms. The molecule has 0 saturated heterocycles. The lowest BCUT2D eigenvalue weighted by Crippen LogP contribution is -2.04. The Morgan fingerprint density at radius 1 is 0.909 bits per heavy atom. The van der Waals surface area contributed by atoms with Crippen molar-refractivity contribution in [2.24, 2.45) is 0 Å². The zero-order chi connectivity index (χ0) is 15.5. The molecule has 1 aliphatic carbocycles. The minimum Gasteiger partial charge on any atom is -0.497 e. The summed E-state index contributed by atoms with van der Waals surface area (Å²) < 4.78 is 10.5. The van der Waals surface area contributed by atoms with Crippen molar-refractivity contribution in [1.82, 2.24) is 0 Å². The van der Waals surface area contributed by atoms with Crippen molar-refractivity contribution in [3.63, 3.8) is 0 Å². The number of fused-ring (bicyclic) bond motifs is 1. The van der Waals surface area contributed by atoms with Crippen LogP contribution in [0.3, 0.4) is 0 Å². The first-order valence-electron chi connectivity index (χ1n) is 7.21. The van der Waals surface area contributed by atoms with E-state index < -0.39 is 0 Å². The summed E-state index contributed by atoms with van der Waals surface area (Å²) >= 11 is 0. The lowest BCUT2D eigenvalue weighted by Gasteiger charge is -2.20. The maximum Gasteiger partial charge on any atom is 0.119 e. The lowest BCUT2D eigenvalue weighted by molar-refractivity contribution is 0.414. The molecule has 0 aromatic heterocycles. The Kier molecular flexibility index (Phi) is 3.84. The largest absolute Gasteiger partial charge is 0.497 e. The van der Waals surface area contributed by atoms with Crippen LogP contribution >= 0.6 is 0 Å². The molecule has 0 unspecified atom stereocenters. The molecule has 2 aromatic carbocycles. The number of hydrogen-bond donors (Lipinski definition) is 0. The molecular formula is C19H17NO2. The SMILES string of the molecule is COc1ccc(C2=C(C#N)c3ccc(OC)cc3CC2)cc1. The molecule has 3 nitrogen and oxygen atoms in total. The predicted octanol–water partition coefficient (Wildman–Crippen LogP) is 4.08. The summed E-state index contributed by atoms with van der Waals surface area (Å²) in [5, 5.41) is 9.63. The Balaban J connectivity index is 2.09. The monoisotopic (exact) mass is 291 g/mol. The zero-order valence-corrected chi connectivity index (χ0v) is 12.7. The molecule has 0 heterocycles. The van der Waals surface area contributed by atoms with Gasteiger partial charge >= 0.3 is 0 Å².